The van der Waals surface area contributed by atoms with Crippen molar-refractivity contribution in [2.24, 2.45) is 0 Å². The normalized spacial score (nSPS) is 17.7. The molecule has 0 atom stereocenters. The molecule has 2 heterocycles. The second kappa shape index (κ2) is 7.32. The summed E-state index contributed by atoms with van der Waals surface area (Å²) in [5.74, 6) is 0.615. The van der Waals surface area contributed by atoms with Gasteiger partial charge in [0.05, 0.1) is 0 Å². The maximum absolute atomic E-state index is 13.1. The van der Waals surface area contributed by atoms with E-state index < -0.39 is 0 Å². The lowest BCUT2D eigenvalue weighted by Gasteiger charge is -2.24. The third-order valence-electron chi connectivity index (χ3n) is 4.93. The van der Waals surface area contributed by atoms with Gasteiger partial charge in [0, 0.05) is 49.7 Å². The van der Waals surface area contributed by atoms with Gasteiger partial charge < -0.3 is 15.1 Å². The van der Waals surface area contributed by atoms with Gasteiger partial charge in [-0.15, -0.1) is 0 Å². The largest absolute Gasteiger partial charge is 0.370 e. The Labute approximate surface area is 152 Å². The fraction of sp³-hybridized carbons (Fsp3) is 0.400. The number of benzene rings is 1. The molecule has 1 aliphatic heterocycles. The van der Waals surface area contributed by atoms with E-state index in [2.05, 4.69) is 20.1 Å². The van der Waals surface area contributed by atoms with Crippen molar-refractivity contribution in [3.8, 4) is 0 Å². The number of anilines is 2. The van der Waals surface area contributed by atoms with Gasteiger partial charge in [0.1, 0.15) is 11.6 Å². The molecule has 1 amide bonds. The number of hydrogen-bond donors (Lipinski definition) is 1. The molecule has 1 aliphatic carbocycles. The Bertz CT molecular complexity index is 776. The van der Waals surface area contributed by atoms with Crippen LogP contribution in [-0.2, 0) is 0 Å². The van der Waals surface area contributed by atoms with Crippen molar-refractivity contribution < 1.29 is 9.18 Å². The molecule has 1 saturated heterocycles. The predicted octanol–water partition coefficient (Wildman–Crippen LogP) is 2.83. The molecule has 2 aliphatic rings. The van der Waals surface area contributed by atoms with Crippen LogP contribution in [0.5, 0.6) is 0 Å². The van der Waals surface area contributed by atoms with Crippen molar-refractivity contribution >= 4 is 17.4 Å². The van der Waals surface area contributed by atoms with Crippen LogP contribution in [0.1, 0.15) is 29.6 Å². The number of halogens is 1. The number of hydrogen-bond acceptors (Lipinski definition) is 4. The first-order valence-electron chi connectivity index (χ1n) is 9.21. The molecule has 0 spiro atoms. The molecule has 136 valence electrons. The van der Waals surface area contributed by atoms with Crippen LogP contribution in [0.3, 0.4) is 0 Å². The molecular formula is C20H23FN4O. The van der Waals surface area contributed by atoms with Crippen LogP contribution in [0, 0.1) is 5.82 Å². The molecule has 5 nitrogen and oxygen atoms in total. The van der Waals surface area contributed by atoms with E-state index in [9.17, 15) is 9.18 Å². The van der Waals surface area contributed by atoms with Crippen molar-refractivity contribution in [2.75, 3.05) is 36.0 Å². The fourth-order valence-electron chi connectivity index (χ4n) is 3.29. The topological polar surface area (TPSA) is 48.5 Å². The van der Waals surface area contributed by atoms with Crippen LogP contribution < -0.4 is 15.1 Å². The number of pyridine rings is 1. The van der Waals surface area contributed by atoms with E-state index in [4.69, 9.17) is 0 Å². The number of nitrogens with one attached hydrogen (secondary N) is 1. The van der Waals surface area contributed by atoms with Gasteiger partial charge in [0.25, 0.3) is 5.91 Å². The van der Waals surface area contributed by atoms with Gasteiger partial charge in [-0.25, -0.2) is 9.37 Å². The van der Waals surface area contributed by atoms with Crippen LogP contribution in [0.2, 0.25) is 0 Å². The summed E-state index contributed by atoms with van der Waals surface area (Å²) >= 11 is 0. The SMILES string of the molecule is O=C(NC1CC1)c1ccnc(N2CCCN(c3ccc(F)cc3)CC2)c1. The van der Waals surface area contributed by atoms with Crippen LogP contribution in [0.15, 0.2) is 42.6 Å². The highest BCUT2D eigenvalue weighted by Gasteiger charge is 2.24. The highest BCUT2D eigenvalue weighted by atomic mass is 19.1. The first kappa shape index (κ1) is 16.8. The number of carbonyl (C=O) groups is 1. The number of amides is 1. The van der Waals surface area contributed by atoms with Gasteiger partial charge in [-0.2, -0.15) is 0 Å². The lowest BCUT2D eigenvalue weighted by molar-refractivity contribution is 0.0951. The maximum Gasteiger partial charge on any atom is 0.251 e. The Hall–Kier alpha value is -2.63. The summed E-state index contributed by atoms with van der Waals surface area (Å²) in [7, 11) is 0. The average Bonchev–Trinajstić information content (AvgIpc) is 3.49. The summed E-state index contributed by atoms with van der Waals surface area (Å²) in [6.07, 6.45) is 4.85. The molecule has 2 aromatic rings. The zero-order valence-electron chi connectivity index (χ0n) is 14.7. The standard InChI is InChI=1S/C20H23FN4O/c21-16-2-6-18(7-3-16)24-10-1-11-25(13-12-24)19-14-15(8-9-22-19)20(26)23-17-4-5-17/h2-3,6-9,14,17H,1,4-5,10-13H2,(H,23,26). The van der Waals surface area contributed by atoms with Gasteiger partial charge >= 0.3 is 0 Å². The summed E-state index contributed by atoms with van der Waals surface area (Å²) in [6.45, 7) is 3.46. The van der Waals surface area contributed by atoms with E-state index in [1.807, 2.05) is 18.2 Å². The molecule has 0 bridgehead atoms. The van der Waals surface area contributed by atoms with Gasteiger partial charge in [-0.05, 0) is 55.7 Å². The maximum atomic E-state index is 13.1. The highest BCUT2D eigenvalue weighted by molar-refractivity contribution is 5.95. The van der Waals surface area contributed by atoms with E-state index in [1.165, 1.54) is 12.1 Å². The molecule has 1 saturated carbocycles. The summed E-state index contributed by atoms with van der Waals surface area (Å²) in [6, 6.07) is 10.7. The molecule has 2 fully saturated rings. The Morgan fingerprint density at radius 3 is 2.54 bits per heavy atom. The zero-order chi connectivity index (χ0) is 17.9. The van der Waals surface area contributed by atoms with E-state index >= 15 is 0 Å². The van der Waals surface area contributed by atoms with Crippen molar-refractivity contribution in [1.29, 1.82) is 0 Å². The van der Waals surface area contributed by atoms with Gasteiger partial charge in [0.2, 0.25) is 0 Å². The van der Waals surface area contributed by atoms with Crippen LogP contribution in [0.25, 0.3) is 0 Å². The average molecular weight is 354 g/mol. The zero-order valence-corrected chi connectivity index (χ0v) is 14.7. The van der Waals surface area contributed by atoms with Gasteiger partial charge in [-0.1, -0.05) is 0 Å². The summed E-state index contributed by atoms with van der Waals surface area (Å²) in [4.78, 5) is 21.2. The Kier molecular flexibility index (Phi) is 4.73. The molecule has 0 unspecified atom stereocenters. The first-order valence-corrected chi connectivity index (χ1v) is 9.21. The van der Waals surface area contributed by atoms with Gasteiger partial charge in [-0.3, -0.25) is 4.79 Å². The number of aromatic nitrogens is 1. The highest BCUT2D eigenvalue weighted by Crippen LogP contribution is 2.22. The molecule has 6 heteroatoms. The second-order valence-electron chi connectivity index (χ2n) is 6.95. The number of rotatable bonds is 4. The van der Waals surface area contributed by atoms with Crippen molar-refractivity contribution in [3.05, 3.63) is 54.0 Å². The second-order valence-corrected chi connectivity index (χ2v) is 6.95. The smallest absolute Gasteiger partial charge is 0.251 e. The fourth-order valence-corrected chi connectivity index (χ4v) is 3.29. The van der Waals surface area contributed by atoms with Crippen molar-refractivity contribution in [2.45, 2.75) is 25.3 Å². The third-order valence-corrected chi connectivity index (χ3v) is 4.93. The lowest BCUT2D eigenvalue weighted by Crippen LogP contribution is -2.31. The lowest BCUT2D eigenvalue weighted by atomic mass is 10.2. The minimum Gasteiger partial charge on any atom is -0.370 e. The van der Waals surface area contributed by atoms with E-state index in [-0.39, 0.29) is 11.7 Å². The predicted molar refractivity (Wildman–Crippen MR) is 100 cm³/mol. The van der Waals surface area contributed by atoms with Gasteiger partial charge in [0.15, 0.2) is 0 Å². The molecule has 1 aromatic heterocycles. The molecule has 0 radical (unpaired) electrons. The number of carbonyl (C=O) groups excluding carboxylic acids is 1. The molecule has 1 N–H and O–H groups in total. The summed E-state index contributed by atoms with van der Waals surface area (Å²) < 4.78 is 13.1. The Morgan fingerprint density at radius 1 is 1.04 bits per heavy atom. The van der Waals surface area contributed by atoms with Crippen LogP contribution in [0.4, 0.5) is 15.9 Å². The summed E-state index contributed by atoms with van der Waals surface area (Å²) in [5.41, 5.74) is 1.71. The van der Waals surface area contributed by atoms with E-state index in [0.29, 0.717) is 11.6 Å². The van der Waals surface area contributed by atoms with E-state index in [1.54, 1.807) is 12.3 Å². The Balaban J connectivity index is 1.43. The molecular weight excluding hydrogens is 331 g/mol. The minimum absolute atomic E-state index is 0.0149. The van der Waals surface area contributed by atoms with Crippen molar-refractivity contribution in [1.82, 2.24) is 10.3 Å². The minimum atomic E-state index is -0.212. The first-order chi connectivity index (χ1) is 12.7. The van der Waals surface area contributed by atoms with Crippen LogP contribution >= 0.6 is 0 Å². The number of nitrogens with zero attached hydrogens (tertiary/aromatic N) is 3. The summed E-state index contributed by atoms with van der Waals surface area (Å²) in [5, 5.41) is 3.02. The van der Waals surface area contributed by atoms with E-state index in [0.717, 1.165) is 56.9 Å². The Morgan fingerprint density at radius 2 is 1.77 bits per heavy atom. The monoisotopic (exact) mass is 354 g/mol. The molecule has 1 aromatic carbocycles. The molecule has 4 rings (SSSR count). The molecule has 26 heavy (non-hydrogen) atoms. The third kappa shape index (κ3) is 3.95. The quantitative estimate of drug-likeness (QED) is 0.917. The van der Waals surface area contributed by atoms with Crippen molar-refractivity contribution in [3.63, 3.8) is 0 Å². The van der Waals surface area contributed by atoms with Crippen LogP contribution in [-0.4, -0.2) is 43.1 Å².